The van der Waals surface area contributed by atoms with Gasteiger partial charge in [-0.1, -0.05) is 35.4 Å². The van der Waals surface area contributed by atoms with Crippen molar-refractivity contribution in [2.75, 3.05) is 5.32 Å². The van der Waals surface area contributed by atoms with E-state index in [0.717, 1.165) is 10.6 Å². The second kappa shape index (κ2) is 6.62. The maximum Gasteiger partial charge on any atom is 0.237 e. The lowest BCUT2D eigenvalue weighted by Crippen LogP contribution is -2.22. The number of hydrogen-bond donors (Lipinski definition) is 1. The van der Waals surface area contributed by atoms with Gasteiger partial charge in [-0.15, -0.1) is 11.8 Å². The van der Waals surface area contributed by atoms with E-state index in [1.165, 1.54) is 11.1 Å². The smallest absolute Gasteiger partial charge is 0.237 e. The Bertz CT molecular complexity index is 575. The number of amides is 1. The molecular formula is C17H19NOS. The zero-order chi connectivity index (χ0) is 14.5. The number of aryl methyl sites for hydroxylation is 2. The molecule has 1 atom stereocenters. The van der Waals surface area contributed by atoms with Crippen LogP contribution in [0.25, 0.3) is 0 Å². The Kier molecular flexibility index (Phi) is 4.85. The topological polar surface area (TPSA) is 29.1 Å². The van der Waals surface area contributed by atoms with Crippen molar-refractivity contribution in [3.8, 4) is 0 Å². The molecule has 2 aromatic rings. The standard InChI is InChI=1S/C17H19NOS/c1-12-4-8-15(9-5-12)18-17(19)14(3)20-16-10-6-13(2)7-11-16/h4-11,14H,1-3H3,(H,18,19)/t14-/m1/s1. The SMILES string of the molecule is Cc1ccc(NC(=O)[C@@H](C)Sc2ccc(C)cc2)cc1. The average molecular weight is 285 g/mol. The van der Waals surface area contributed by atoms with Crippen molar-refractivity contribution < 1.29 is 4.79 Å². The quantitative estimate of drug-likeness (QED) is 0.842. The van der Waals surface area contributed by atoms with E-state index in [9.17, 15) is 4.79 Å². The van der Waals surface area contributed by atoms with Crippen LogP contribution in [0.15, 0.2) is 53.4 Å². The van der Waals surface area contributed by atoms with Gasteiger partial charge in [0.2, 0.25) is 5.91 Å². The van der Waals surface area contributed by atoms with Gasteiger partial charge in [-0.3, -0.25) is 4.79 Å². The number of benzene rings is 2. The third-order valence-corrected chi connectivity index (χ3v) is 4.13. The predicted octanol–water partition coefficient (Wildman–Crippen LogP) is 4.42. The summed E-state index contributed by atoms with van der Waals surface area (Å²) in [5.41, 5.74) is 3.26. The molecule has 1 N–H and O–H groups in total. The lowest BCUT2D eigenvalue weighted by molar-refractivity contribution is -0.115. The number of carbonyl (C=O) groups excluding carboxylic acids is 1. The number of rotatable bonds is 4. The Balaban J connectivity index is 1.94. The highest BCUT2D eigenvalue weighted by molar-refractivity contribution is 8.00. The Morgan fingerprint density at radius 2 is 1.45 bits per heavy atom. The van der Waals surface area contributed by atoms with Gasteiger partial charge in [0.15, 0.2) is 0 Å². The van der Waals surface area contributed by atoms with Crippen LogP contribution in [0.2, 0.25) is 0 Å². The molecule has 0 unspecified atom stereocenters. The van der Waals surface area contributed by atoms with Crippen LogP contribution in [0.1, 0.15) is 18.1 Å². The molecule has 2 rings (SSSR count). The molecule has 0 spiro atoms. The van der Waals surface area contributed by atoms with Crippen molar-refractivity contribution in [2.24, 2.45) is 0 Å². The van der Waals surface area contributed by atoms with Gasteiger partial charge in [-0.25, -0.2) is 0 Å². The zero-order valence-electron chi connectivity index (χ0n) is 12.0. The fourth-order valence-electron chi connectivity index (χ4n) is 1.76. The van der Waals surface area contributed by atoms with Crippen molar-refractivity contribution in [3.63, 3.8) is 0 Å². The Labute approximate surface area is 124 Å². The fraction of sp³-hybridized carbons (Fsp3) is 0.235. The molecule has 0 heterocycles. The third kappa shape index (κ3) is 4.14. The van der Waals surface area contributed by atoms with Crippen molar-refractivity contribution in [1.29, 1.82) is 0 Å². The predicted molar refractivity (Wildman–Crippen MR) is 86.3 cm³/mol. The van der Waals surface area contributed by atoms with Gasteiger partial charge in [0.25, 0.3) is 0 Å². The number of anilines is 1. The average Bonchev–Trinajstić information content (AvgIpc) is 2.44. The fourth-order valence-corrected chi connectivity index (χ4v) is 2.62. The van der Waals surface area contributed by atoms with Crippen LogP contribution < -0.4 is 5.32 Å². The van der Waals surface area contributed by atoms with E-state index < -0.39 is 0 Å². The molecule has 0 fully saturated rings. The van der Waals surface area contributed by atoms with Crippen molar-refractivity contribution in [3.05, 3.63) is 59.7 Å². The Morgan fingerprint density at radius 1 is 0.950 bits per heavy atom. The maximum absolute atomic E-state index is 12.1. The summed E-state index contributed by atoms with van der Waals surface area (Å²) in [5.74, 6) is 0.0272. The van der Waals surface area contributed by atoms with E-state index in [0.29, 0.717) is 0 Å². The molecule has 2 nitrogen and oxygen atoms in total. The van der Waals surface area contributed by atoms with Crippen molar-refractivity contribution >= 4 is 23.4 Å². The van der Waals surface area contributed by atoms with E-state index in [1.807, 2.05) is 38.1 Å². The van der Waals surface area contributed by atoms with Crippen LogP contribution in [0.3, 0.4) is 0 Å². The lowest BCUT2D eigenvalue weighted by Gasteiger charge is -2.12. The molecule has 0 bridgehead atoms. The van der Waals surface area contributed by atoms with Crippen LogP contribution in [-0.2, 0) is 4.79 Å². The normalized spacial score (nSPS) is 11.9. The molecule has 3 heteroatoms. The molecule has 20 heavy (non-hydrogen) atoms. The van der Waals surface area contributed by atoms with Crippen LogP contribution in [0, 0.1) is 13.8 Å². The summed E-state index contributed by atoms with van der Waals surface area (Å²) in [6.07, 6.45) is 0. The van der Waals surface area contributed by atoms with Crippen LogP contribution in [0.4, 0.5) is 5.69 Å². The molecule has 0 aliphatic carbocycles. The molecule has 0 aliphatic heterocycles. The third-order valence-electron chi connectivity index (χ3n) is 3.02. The Morgan fingerprint density at radius 3 is 2.00 bits per heavy atom. The minimum Gasteiger partial charge on any atom is -0.325 e. The minimum absolute atomic E-state index is 0.0272. The zero-order valence-corrected chi connectivity index (χ0v) is 12.8. The summed E-state index contributed by atoms with van der Waals surface area (Å²) in [4.78, 5) is 13.2. The van der Waals surface area contributed by atoms with Gasteiger partial charge in [0.1, 0.15) is 0 Å². The van der Waals surface area contributed by atoms with E-state index in [4.69, 9.17) is 0 Å². The molecular weight excluding hydrogens is 266 g/mol. The van der Waals surface area contributed by atoms with Gasteiger partial charge in [-0.2, -0.15) is 0 Å². The highest BCUT2D eigenvalue weighted by Gasteiger charge is 2.14. The van der Waals surface area contributed by atoms with Gasteiger partial charge < -0.3 is 5.32 Å². The van der Waals surface area contributed by atoms with Gasteiger partial charge in [0, 0.05) is 10.6 Å². The maximum atomic E-state index is 12.1. The monoisotopic (exact) mass is 285 g/mol. The summed E-state index contributed by atoms with van der Waals surface area (Å²) in [6, 6.07) is 16.1. The van der Waals surface area contributed by atoms with Gasteiger partial charge in [0.05, 0.1) is 5.25 Å². The summed E-state index contributed by atoms with van der Waals surface area (Å²) in [7, 11) is 0. The number of hydrogen-bond acceptors (Lipinski definition) is 2. The highest BCUT2D eigenvalue weighted by atomic mass is 32.2. The molecule has 2 aromatic carbocycles. The summed E-state index contributed by atoms with van der Waals surface area (Å²) in [5, 5.41) is 2.81. The molecule has 104 valence electrons. The lowest BCUT2D eigenvalue weighted by atomic mass is 10.2. The molecule has 1 amide bonds. The second-order valence-electron chi connectivity index (χ2n) is 4.93. The molecule has 0 aliphatic rings. The van der Waals surface area contributed by atoms with E-state index in [2.05, 4.69) is 36.5 Å². The largest absolute Gasteiger partial charge is 0.325 e. The van der Waals surface area contributed by atoms with Crippen LogP contribution in [-0.4, -0.2) is 11.2 Å². The second-order valence-corrected chi connectivity index (χ2v) is 6.34. The van der Waals surface area contributed by atoms with E-state index in [-0.39, 0.29) is 11.2 Å². The summed E-state index contributed by atoms with van der Waals surface area (Å²) < 4.78 is 0. The van der Waals surface area contributed by atoms with E-state index >= 15 is 0 Å². The van der Waals surface area contributed by atoms with E-state index in [1.54, 1.807) is 11.8 Å². The molecule has 0 radical (unpaired) electrons. The summed E-state index contributed by atoms with van der Waals surface area (Å²) >= 11 is 1.57. The first-order chi connectivity index (χ1) is 9.54. The number of thioether (sulfide) groups is 1. The first kappa shape index (κ1) is 14.7. The van der Waals surface area contributed by atoms with Gasteiger partial charge in [-0.05, 0) is 45.0 Å². The number of carbonyl (C=O) groups is 1. The van der Waals surface area contributed by atoms with Crippen LogP contribution >= 0.6 is 11.8 Å². The summed E-state index contributed by atoms with van der Waals surface area (Å²) in [6.45, 7) is 6.01. The van der Waals surface area contributed by atoms with Gasteiger partial charge >= 0.3 is 0 Å². The first-order valence-corrected chi connectivity index (χ1v) is 7.53. The molecule has 0 saturated carbocycles. The molecule has 0 saturated heterocycles. The molecule has 0 aromatic heterocycles. The highest BCUT2D eigenvalue weighted by Crippen LogP contribution is 2.24. The van der Waals surface area contributed by atoms with Crippen molar-refractivity contribution in [1.82, 2.24) is 0 Å². The minimum atomic E-state index is -0.126. The van der Waals surface area contributed by atoms with Crippen LogP contribution in [0.5, 0.6) is 0 Å². The van der Waals surface area contributed by atoms with Crippen molar-refractivity contribution in [2.45, 2.75) is 30.9 Å². The Hall–Kier alpha value is -1.74. The number of nitrogens with one attached hydrogen (secondary N) is 1. The first-order valence-electron chi connectivity index (χ1n) is 6.65.